The summed E-state index contributed by atoms with van der Waals surface area (Å²) in [6, 6.07) is 13.8. The number of halogens is 1. The molecule has 2 aromatic carbocycles. The van der Waals surface area contributed by atoms with E-state index in [2.05, 4.69) is 16.0 Å². The van der Waals surface area contributed by atoms with Gasteiger partial charge in [-0.1, -0.05) is 23.7 Å². The Kier molecular flexibility index (Phi) is 6.73. The van der Waals surface area contributed by atoms with Crippen molar-refractivity contribution in [1.29, 1.82) is 0 Å². The summed E-state index contributed by atoms with van der Waals surface area (Å²) in [6.07, 6.45) is 0. The third kappa shape index (κ3) is 6.40. The highest BCUT2D eigenvalue weighted by Crippen LogP contribution is 2.22. The van der Waals surface area contributed by atoms with E-state index in [0.717, 1.165) is 0 Å². The molecule has 6 nitrogen and oxygen atoms in total. The van der Waals surface area contributed by atoms with Gasteiger partial charge in [-0.2, -0.15) is 0 Å². The quantitative estimate of drug-likeness (QED) is 0.697. The van der Waals surface area contributed by atoms with Crippen LogP contribution in [0.1, 0.15) is 6.92 Å². The number of ether oxygens (including phenoxy) is 1. The second-order valence-corrected chi connectivity index (χ2v) is 5.80. The summed E-state index contributed by atoms with van der Waals surface area (Å²) >= 11 is 11.0. The Hall–Kier alpha value is -2.64. The molecule has 0 unspecified atom stereocenters. The van der Waals surface area contributed by atoms with Gasteiger partial charge in [0.25, 0.3) is 5.91 Å². The fourth-order valence-corrected chi connectivity index (χ4v) is 2.29. The molecular formula is C17H16ClN3O3S. The van der Waals surface area contributed by atoms with Crippen LogP contribution in [0.5, 0.6) is 5.75 Å². The number of para-hydroxylation sites is 1. The molecule has 0 spiro atoms. The SMILES string of the molecule is CC(=O)Nc1ccc(NC(=S)NC(=O)COc2ccccc2Cl)cc1. The van der Waals surface area contributed by atoms with E-state index in [0.29, 0.717) is 22.1 Å². The first-order valence-electron chi connectivity index (χ1n) is 7.30. The molecule has 2 amide bonds. The molecule has 0 aromatic heterocycles. The molecule has 0 aliphatic rings. The largest absolute Gasteiger partial charge is 0.482 e. The average Bonchev–Trinajstić information content (AvgIpc) is 2.55. The molecule has 2 rings (SSSR count). The highest BCUT2D eigenvalue weighted by molar-refractivity contribution is 7.80. The van der Waals surface area contributed by atoms with Crippen LogP contribution in [0, 0.1) is 0 Å². The predicted molar refractivity (Wildman–Crippen MR) is 102 cm³/mol. The lowest BCUT2D eigenvalue weighted by molar-refractivity contribution is -0.121. The van der Waals surface area contributed by atoms with E-state index in [4.69, 9.17) is 28.6 Å². The molecule has 130 valence electrons. The Morgan fingerprint density at radius 3 is 2.24 bits per heavy atom. The maximum atomic E-state index is 11.8. The Labute approximate surface area is 155 Å². The standard InChI is InChI=1S/C17H16ClN3O3S/c1-11(22)19-12-6-8-13(9-7-12)20-17(25)21-16(23)10-24-15-5-3-2-4-14(15)18/h2-9H,10H2,1H3,(H,19,22)(H2,20,21,23,25). The van der Waals surface area contributed by atoms with Crippen molar-refractivity contribution in [2.45, 2.75) is 6.92 Å². The lowest BCUT2D eigenvalue weighted by Gasteiger charge is -2.11. The van der Waals surface area contributed by atoms with Crippen molar-refractivity contribution in [3.05, 3.63) is 53.6 Å². The van der Waals surface area contributed by atoms with Gasteiger partial charge >= 0.3 is 0 Å². The minimum atomic E-state index is -0.410. The Bertz CT molecular complexity index is 781. The van der Waals surface area contributed by atoms with Gasteiger partial charge in [-0.15, -0.1) is 0 Å². The molecule has 0 bridgehead atoms. The number of nitrogens with one attached hydrogen (secondary N) is 3. The van der Waals surface area contributed by atoms with E-state index in [1.165, 1.54) is 6.92 Å². The van der Waals surface area contributed by atoms with Gasteiger partial charge in [-0.25, -0.2) is 0 Å². The van der Waals surface area contributed by atoms with Crippen molar-refractivity contribution >= 4 is 52.1 Å². The van der Waals surface area contributed by atoms with Crippen LogP contribution in [0.2, 0.25) is 5.02 Å². The van der Waals surface area contributed by atoms with Gasteiger partial charge in [0.15, 0.2) is 11.7 Å². The van der Waals surface area contributed by atoms with Crippen LogP contribution in [0.25, 0.3) is 0 Å². The summed E-state index contributed by atoms with van der Waals surface area (Å²) in [5, 5.41) is 8.60. The van der Waals surface area contributed by atoms with Crippen molar-refractivity contribution in [2.24, 2.45) is 0 Å². The van der Waals surface area contributed by atoms with Crippen molar-refractivity contribution in [1.82, 2.24) is 5.32 Å². The Balaban J connectivity index is 1.80. The van der Waals surface area contributed by atoms with E-state index in [1.807, 2.05) is 0 Å². The van der Waals surface area contributed by atoms with E-state index in [9.17, 15) is 9.59 Å². The van der Waals surface area contributed by atoms with E-state index in [-0.39, 0.29) is 17.6 Å². The minimum Gasteiger partial charge on any atom is -0.482 e. The predicted octanol–water partition coefficient (Wildman–Crippen LogP) is 3.19. The van der Waals surface area contributed by atoms with Gasteiger partial charge in [0.05, 0.1) is 5.02 Å². The molecule has 25 heavy (non-hydrogen) atoms. The zero-order chi connectivity index (χ0) is 18.2. The summed E-state index contributed by atoms with van der Waals surface area (Å²) in [6.45, 7) is 1.22. The first-order chi connectivity index (χ1) is 11.9. The molecule has 0 fully saturated rings. The molecule has 8 heteroatoms. The first kappa shape index (κ1) is 18.7. The Morgan fingerprint density at radius 2 is 1.64 bits per heavy atom. The van der Waals surface area contributed by atoms with Gasteiger partial charge in [0.1, 0.15) is 5.75 Å². The molecule has 2 aromatic rings. The van der Waals surface area contributed by atoms with Crippen LogP contribution in [0.15, 0.2) is 48.5 Å². The lowest BCUT2D eigenvalue weighted by Crippen LogP contribution is -2.37. The molecule has 0 atom stereocenters. The van der Waals surface area contributed by atoms with Crippen LogP contribution in [0.4, 0.5) is 11.4 Å². The number of anilines is 2. The second-order valence-electron chi connectivity index (χ2n) is 4.98. The molecule has 0 aliphatic heterocycles. The van der Waals surface area contributed by atoms with Gasteiger partial charge in [0, 0.05) is 18.3 Å². The van der Waals surface area contributed by atoms with Crippen molar-refractivity contribution in [2.75, 3.05) is 17.2 Å². The highest BCUT2D eigenvalue weighted by Gasteiger charge is 2.08. The molecule has 0 aliphatic carbocycles. The smallest absolute Gasteiger partial charge is 0.264 e. The number of hydrogen-bond acceptors (Lipinski definition) is 4. The molecule has 0 radical (unpaired) electrons. The summed E-state index contributed by atoms with van der Waals surface area (Å²) in [5.41, 5.74) is 1.34. The number of carbonyl (C=O) groups excluding carboxylic acids is 2. The molecule has 0 saturated heterocycles. The molecule has 3 N–H and O–H groups in total. The molecule has 0 heterocycles. The number of carbonyl (C=O) groups is 2. The van der Waals surface area contributed by atoms with Gasteiger partial charge < -0.3 is 15.4 Å². The van der Waals surface area contributed by atoms with Crippen LogP contribution in [-0.2, 0) is 9.59 Å². The number of hydrogen-bond donors (Lipinski definition) is 3. The zero-order valence-corrected chi connectivity index (χ0v) is 14.9. The van der Waals surface area contributed by atoms with Crippen LogP contribution < -0.4 is 20.7 Å². The highest BCUT2D eigenvalue weighted by atomic mass is 35.5. The normalized spacial score (nSPS) is 9.84. The van der Waals surface area contributed by atoms with Crippen molar-refractivity contribution < 1.29 is 14.3 Å². The fourth-order valence-electron chi connectivity index (χ4n) is 1.87. The van der Waals surface area contributed by atoms with Crippen molar-refractivity contribution in [3.63, 3.8) is 0 Å². The molecular weight excluding hydrogens is 362 g/mol. The third-order valence-electron chi connectivity index (χ3n) is 2.91. The van der Waals surface area contributed by atoms with Crippen LogP contribution >= 0.6 is 23.8 Å². The third-order valence-corrected chi connectivity index (χ3v) is 3.43. The number of rotatable bonds is 5. The van der Waals surface area contributed by atoms with Crippen LogP contribution in [0.3, 0.4) is 0 Å². The Morgan fingerprint density at radius 1 is 1.04 bits per heavy atom. The minimum absolute atomic E-state index is 0.139. The second kappa shape index (κ2) is 9.00. The first-order valence-corrected chi connectivity index (χ1v) is 8.08. The summed E-state index contributed by atoms with van der Waals surface area (Å²) in [5.74, 6) is -0.138. The molecule has 0 saturated carbocycles. The number of thiocarbonyl (C=S) groups is 1. The summed E-state index contributed by atoms with van der Waals surface area (Å²) in [7, 11) is 0. The van der Waals surface area contributed by atoms with Crippen LogP contribution in [-0.4, -0.2) is 23.5 Å². The summed E-state index contributed by atoms with van der Waals surface area (Å²) < 4.78 is 5.33. The van der Waals surface area contributed by atoms with E-state index >= 15 is 0 Å². The van der Waals surface area contributed by atoms with E-state index in [1.54, 1.807) is 48.5 Å². The topological polar surface area (TPSA) is 79.5 Å². The van der Waals surface area contributed by atoms with Gasteiger partial charge in [-0.05, 0) is 48.6 Å². The number of amides is 2. The van der Waals surface area contributed by atoms with E-state index < -0.39 is 5.91 Å². The maximum absolute atomic E-state index is 11.8. The van der Waals surface area contributed by atoms with Crippen molar-refractivity contribution in [3.8, 4) is 5.75 Å². The maximum Gasteiger partial charge on any atom is 0.264 e. The monoisotopic (exact) mass is 377 g/mol. The van der Waals surface area contributed by atoms with Gasteiger partial charge in [-0.3, -0.25) is 14.9 Å². The van der Waals surface area contributed by atoms with Gasteiger partial charge in [0.2, 0.25) is 5.91 Å². The zero-order valence-electron chi connectivity index (χ0n) is 13.3. The summed E-state index contributed by atoms with van der Waals surface area (Å²) in [4.78, 5) is 22.8. The average molecular weight is 378 g/mol. The lowest BCUT2D eigenvalue weighted by atomic mass is 10.3. The number of benzene rings is 2. The fraction of sp³-hybridized carbons (Fsp3) is 0.118.